The van der Waals surface area contributed by atoms with Gasteiger partial charge in [0, 0.05) is 9.50 Å². The fourth-order valence-corrected chi connectivity index (χ4v) is 2.22. The number of anilines is 3. The van der Waals surface area contributed by atoms with E-state index in [1.165, 1.54) is 0 Å². The molecular formula is C12H9BrCl2N2. The molecule has 0 saturated heterocycles. The number of benzene rings is 2. The predicted octanol–water partition coefficient (Wildman–Crippen LogP) is 5.08. The second kappa shape index (κ2) is 5.17. The van der Waals surface area contributed by atoms with Crippen LogP contribution in [0.5, 0.6) is 0 Å². The normalized spacial score (nSPS) is 10.3. The third-order valence-corrected chi connectivity index (χ3v) is 3.26. The summed E-state index contributed by atoms with van der Waals surface area (Å²) < 4.78 is 0.933. The van der Waals surface area contributed by atoms with E-state index in [9.17, 15) is 0 Å². The molecule has 2 aromatic rings. The van der Waals surface area contributed by atoms with Gasteiger partial charge in [-0.05, 0) is 36.4 Å². The molecule has 2 aromatic carbocycles. The lowest BCUT2D eigenvalue weighted by Crippen LogP contribution is -1.96. The topological polar surface area (TPSA) is 38.0 Å². The van der Waals surface area contributed by atoms with Crippen LogP contribution in [0.4, 0.5) is 17.1 Å². The minimum Gasteiger partial charge on any atom is -0.397 e. The Hall–Kier alpha value is -0.900. The van der Waals surface area contributed by atoms with E-state index in [1.807, 2.05) is 24.3 Å². The van der Waals surface area contributed by atoms with E-state index in [0.29, 0.717) is 15.7 Å². The molecule has 0 aliphatic heterocycles. The smallest absolute Gasteiger partial charge is 0.0655 e. The summed E-state index contributed by atoms with van der Waals surface area (Å²) in [7, 11) is 0. The molecule has 0 aliphatic rings. The summed E-state index contributed by atoms with van der Waals surface area (Å²) in [4.78, 5) is 0. The van der Waals surface area contributed by atoms with Crippen LogP contribution in [-0.2, 0) is 0 Å². The van der Waals surface area contributed by atoms with E-state index < -0.39 is 0 Å². The SMILES string of the molecule is Nc1cc(Br)ccc1Nc1ccc(Cl)cc1Cl. The highest BCUT2D eigenvalue weighted by molar-refractivity contribution is 9.10. The molecule has 0 heterocycles. The van der Waals surface area contributed by atoms with Gasteiger partial charge < -0.3 is 11.1 Å². The average Bonchev–Trinajstić information content (AvgIpc) is 2.25. The fourth-order valence-electron chi connectivity index (χ4n) is 1.38. The van der Waals surface area contributed by atoms with Gasteiger partial charge in [-0.3, -0.25) is 0 Å². The second-order valence-corrected chi connectivity index (χ2v) is 5.24. The molecule has 2 nitrogen and oxygen atoms in total. The second-order valence-electron chi connectivity index (χ2n) is 3.48. The van der Waals surface area contributed by atoms with E-state index in [0.717, 1.165) is 15.8 Å². The van der Waals surface area contributed by atoms with Crippen molar-refractivity contribution in [1.82, 2.24) is 0 Å². The van der Waals surface area contributed by atoms with Crippen LogP contribution in [0.15, 0.2) is 40.9 Å². The number of nitrogens with one attached hydrogen (secondary N) is 1. The lowest BCUT2D eigenvalue weighted by Gasteiger charge is -2.11. The van der Waals surface area contributed by atoms with Crippen molar-refractivity contribution in [1.29, 1.82) is 0 Å². The maximum atomic E-state index is 6.07. The first-order chi connectivity index (χ1) is 8.06. The average molecular weight is 332 g/mol. The molecule has 5 heteroatoms. The predicted molar refractivity (Wildman–Crippen MR) is 78.3 cm³/mol. The molecule has 0 atom stereocenters. The maximum absolute atomic E-state index is 6.07. The summed E-state index contributed by atoms with van der Waals surface area (Å²) in [5.41, 5.74) is 8.10. The Morgan fingerprint density at radius 2 is 1.71 bits per heavy atom. The Kier molecular flexibility index (Phi) is 3.82. The zero-order chi connectivity index (χ0) is 12.4. The zero-order valence-electron chi connectivity index (χ0n) is 8.68. The van der Waals surface area contributed by atoms with Crippen LogP contribution in [0, 0.1) is 0 Å². The van der Waals surface area contributed by atoms with Crippen LogP contribution < -0.4 is 11.1 Å². The number of hydrogen-bond acceptors (Lipinski definition) is 2. The molecule has 0 spiro atoms. The van der Waals surface area contributed by atoms with Crippen molar-refractivity contribution < 1.29 is 0 Å². The van der Waals surface area contributed by atoms with Crippen LogP contribution in [0.3, 0.4) is 0 Å². The third kappa shape index (κ3) is 3.06. The highest BCUT2D eigenvalue weighted by atomic mass is 79.9. The molecule has 0 bridgehead atoms. The number of rotatable bonds is 2. The third-order valence-electron chi connectivity index (χ3n) is 2.21. The van der Waals surface area contributed by atoms with Crippen molar-refractivity contribution in [2.24, 2.45) is 0 Å². The summed E-state index contributed by atoms with van der Waals surface area (Å²) >= 11 is 15.2. The van der Waals surface area contributed by atoms with Crippen LogP contribution >= 0.6 is 39.1 Å². The van der Waals surface area contributed by atoms with Crippen molar-refractivity contribution in [3.05, 3.63) is 50.9 Å². The summed E-state index contributed by atoms with van der Waals surface area (Å²) in [5.74, 6) is 0. The lowest BCUT2D eigenvalue weighted by atomic mass is 10.2. The zero-order valence-corrected chi connectivity index (χ0v) is 11.8. The van der Waals surface area contributed by atoms with Gasteiger partial charge in [-0.15, -0.1) is 0 Å². The minimum absolute atomic E-state index is 0.555. The highest BCUT2D eigenvalue weighted by Crippen LogP contribution is 2.31. The van der Waals surface area contributed by atoms with Gasteiger partial charge in [0.25, 0.3) is 0 Å². The van der Waals surface area contributed by atoms with Crippen LogP contribution in [0.1, 0.15) is 0 Å². The van der Waals surface area contributed by atoms with Crippen molar-refractivity contribution in [3.8, 4) is 0 Å². The molecule has 0 aromatic heterocycles. The molecule has 0 unspecified atom stereocenters. The number of nitrogen functional groups attached to an aromatic ring is 1. The molecule has 0 saturated carbocycles. The number of nitrogens with two attached hydrogens (primary N) is 1. The number of halogens is 3. The monoisotopic (exact) mass is 330 g/mol. The van der Waals surface area contributed by atoms with Gasteiger partial charge in [0.2, 0.25) is 0 Å². The largest absolute Gasteiger partial charge is 0.397 e. The van der Waals surface area contributed by atoms with Crippen LogP contribution in [-0.4, -0.2) is 0 Å². The highest BCUT2D eigenvalue weighted by Gasteiger charge is 2.04. The Balaban J connectivity index is 2.31. The molecule has 0 radical (unpaired) electrons. The first kappa shape index (κ1) is 12.6. The van der Waals surface area contributed by atoms with Crippen LogP contribution in [0.2, 0.25) is 10.0 Å². The lowest BCUT2D eigenvalue weighted by molar-refractivity contribution is 1.53. The molecule has 17 heavy (non-hydrogen) atoms. The summed E-state index contributed by atoms with van der Waals surface area (Å²) in [6.45, 7) is 0. The van der Waals surface area contributed by atoms with Gasteiger partial charge in [-0.1, -0.05) is 39.1 Å². The molecule has 0 aliphatic carbocycles. The van der Waals surface area contributed by atoms with Gasteiger partial charge in [-0.2, -0.15) is 0 Å². The van der Waals surface area contributed by atoms with Crippen molar-refractivity contribution in [3.63, 3.8) is 0 Å². The summed E-state index contributed by atoms with van der Waals surface area (Å²) in [6, 6.07) is 10.9. The molecule has 0 amide bonds. The minimum atomic E-state index is 0.555. The summed E-state index contributed by atoms with van der Waals surface area (Å²) in [5, 5.41) is 4.32. The van der Waals surface area contributed by atoms with E-state index in [2.05, 4.69) is 21.2 Å². The van der Waals surface area contributed by atoms with Crippen LogP contribution in [0.25, 0.3) is 0 Å². The first-order valence-corrected chi connectivity index (χ1v) is 6.38. The van der Waals surface area contributed by atoms with Gasteiger partial charge in [0.1, 0.15) is 0 Å². The van der Waals surface area contributed by atoms with Crippen molar-refractivity contribution in [2.75, 3.05) is 11.1 Å². The van der Waals surface area contributed by atoms with E-state index >= 15 is 0 Å². The Morgan fingerprint density at radius 3 is 2.35 bits per heavy atom. The van der Waals surface area contributed by atoms with E-state index in [4.69, 9.17) is 28.9 Å². The Labute approximate surface area is 118 Å². The van der Waals surface area contributed by atoms with Gasteiger partial charge in [0.15, 0.2) is 0 Å². The van der Waals surface area contributed by atoms with Crippen molar-refractivity contribution in [2.45, 2.75) is 0 Å². The molecule has 3 N–H and O–H groups in total. The van der Waals surface area contributed by atoms with Gasteiger partial charge in [-0.25, -0.2) is 0 Å². The standard InChI is InChI=1S/C12H9BrCl2N2/c13-7-1-3-12(10(16)5-7)17-11-4-2-8(14)6-9(11)15/h1-6,17H,16H2. The van der Waals surface area contributed by atoms with E-state index in [-0.39, 0.29) is 0 Å². The van der Waals surface area contributed by atoms with E-state index in [1.54, 1.807) is 12.1 Å². The number of hydrogen-bond donors (Lipinski definition) is 2. The molecule has 2 rings (SSSR count). The molecule has 0 fully saturated rings. The Bertz CT molecular complexity index is 509. The maximum Gasteiger partial charge on any atom is 0.0655 e. The summed E-state index contributed by atoms with van der Waals surface area (Å²) in [6.07, 6.45) is 0. The fraction of sp³-hybridized carbons (Fsp3) is 0. The van der Waals surface area contributed by atoms with Gasteiger partial charge >= 0.3 is 0 Å². The van der Waals surface area contributed by atoms with Crippen molar-refractivity contribution >= 4 is 56.2 Å². The molecular weight excluding hydrogens is 323 g/mol. The Morgan fingerprint density at radius 1 is 1.00 bits per heavy atom. The quantitative estimate of drug-likeness (QED) is 0.753. The molecule has 88 valence electrons. The first-order valence-electron chi connectivity index (χ1n) is 4.83. The van der Waals surface area contributed by atoms with Gasteiger partial charge in [0.05, 0.1) is 22.1 Å².